The fourth-order valence-corrected chi connectivity index (χ4v) is 4.66. The molecule has 1 aromatic rings. The minimum absolute atomic E-state index is 0.145. The van der Waals surface area contributed by atoms with E-state index in [1.165, 1.54) is 16.0 Å². The maximum absolute atomic E-state index is 12.7. The summed E-state index contributed by atoms with van der Waals surface area (Å²) in [6.45, 7) is 12.5. The van der Waals surface area contributed by atoms with Crippen molar-refractivity contribution in [3.05, 3.63) is 29.3 Å². The standard InChI is InChI=1S/C21H31N3O3/c1-16-12-24(13-17(2)27-16)21(25)15-23-8-6-22(7-9-23)14-18-3-4-20-19(11-18)5-10-26-20/h3-4,11,16-17H,5-10,12-15H2,1-2H3/p+2/t16-,17-/m0/s1. The molecule has 6 heteroatoms. The maximum Gasteiger partial charge on any atom is 0.277 e. The molecule has 0 unspecified atom stereocenters. The number of rotatable bonds is 4. The first-order chi connectivity index (χ1) is 13.1. The molecule has 0 aromatic heterocycles. The van der Waals surface area contributed by atoms with Crippen molar-refractivity contribution in [3.63, 3.8) is 0 Å². The van der Waals surface area contributed by atoms with Crippen molar-refractivity contribution >= 4 is 5.91 Å². The quantitative estimate of drug-likeness (QED) is 0.676. The van der Waals surface area contributed by atoms with Crippen LogP contribution >= 0.6 is 0 Å². The molecule has 2 N–H and O–H groups in total. The molecule has 6 nitrogen and oxygen atoms in total. The van der Waals surface area contributed by atoms with Crippen LogP contribution in [0.1, 0.15) is 25.0 Å². The average molecular weight is 376 g/mol. The Kier molecular flexibility index (Phi) is 5.66. The highest BCUT2D eigenvalue weighted by molar-refractivity contribution is 5.77. The average Bonchev–Trinajstić information content (AvgIpc) is 3.10. The smallest absolute Gasteiger partial charge is 0.277 e. The number of hydrogen-bond donors (Lipinski definition) is 2. The zero-order valence-corrected chi connectivity index (χ0v) is 16.6. The van der Waals surface area contributed by atoms with Crippen LogP contribution in [-0.2, 0) is 22.5 Å². The highest BCUT2D eigenvalue weighted by Gasteiger charge is 2.30. The van der Waals surface area contributed by atoms with E-state index in [0.29, 0.717) is 6.54 Å². The second-order valence-corrected chi connectivity index (χ2v) is 8.45. The van der Waals surface area contributed by atoms with Crippen molar-refractivity contribution in [1.82, 2.24) is 4.90 Å². The number of morpholine rings is 1. The molecule has 2 saturated heterocycles. The largest absolute Gasteiger partial charge is 0.493 e. The number of nitrogens with one attached hydrogen (secondary N) is 2. The molecule has 0 bridgehead atoms. The predicted molar refractivity (Wildman–Crippen MR) is 102 cm³/mol. The van der Waals surface area contributed by atoms with E-state index in [1.807, 2.05) is 4.90 Å². The van der Waals surface area contributed by atoms with Crippen LogP contribution in [0, 0.1) is 0 Å². The molecule has 27 heavy (non-hydrogen) atoms. The Labute approximate surface area is 162 Å². The summed E-state index contributed by atoms with van der Waals surface area (Å²) >= 11 is 0. The molecule has 0 aliphatic carbocycles. The Morgan fingerprint density at radius 3 is 2.56 bits per heavy atom. The molecule has 0 radical (unpaired) electrons. The van der Waals surface area contributed by atoms with Crippen LogP contribution < -0.4 is 14.5 Å². The van der Waals surface area contributed by atoms with Crippen LogP contribution in [0.4, 0.5) is 0 Å². The highest BCUT2D eigenvalue weighted by Crippen LogP contribution is 2.25. The van der Waals surface area contributed by atoms with Crippen molar-refractivity contribution in [1.29, 1.82) is 0 Å². The minimum Gasteiger partial charge on any atom is -0.493 e. The molecule has 2 fully saturated rings. The second-order valence-electron chi connectivity index (χ2n) is 8.45. The number of benzene rings is 1. The number of piperazine rings is 1. The van der Waals surface area contributed by atoms with Gasteiger partial charge in [-0.3, -0.25) is 4.79 Å². The lowest BCUT2D eigenvalue weighted by Crippen LogP contribution is -3.28. The molecule has 3 aliphatic rings. The van der Waals surface area contributed by atoms with Gasteiger partial charge in [-0.25, -0.2) is 0 Å². The molecule has 1 amide bonds. The lowest BCUT2D eigenvalue weighted by atomic mass is 10.1. The maximum atomic E-state index is 12.7. The van der Waals surface area contributed by atoms with Gasteiger partial charge < -0.3 is 24.2 Å². The van der Waals surface area contributed by atoms with Gasteiger partial charge in [-0.2, -0.15) is 0 Å². The third kappa shape index (κ3) is 4.62. The number of amides is 1. The first kappa shape index (κ1) is 18.7. The normalized spacial score (nSPS) is 30.7. The Balaban J connectivity index is 1.23. The number of ether oxygens (including phenoxy) is 2. The van der Waals surface area contributed by atoms with Gasteiger partial charge in [0.05, 0.1) is 18.8 Å². The van der Waals surface area contributed by atoms with Crippen LogP contribution in [-0.4, -0.2) is 75.4 Å². The number of fused-ring (bicyclic) bond motifs is 1. The molecular formula is C21H33N3O3+2. The topological polar surface area (TPSA) is 47.7 Å². The third-order valence-corrected chi connectivity index (χ3v) is 6.05. The molecule has 0 saturated carbocycles. The molecule has 3 aliphatic heterocycles. The van der Waals surface area contributed by atoms with Gasteiger partial charge in [-0.15, -0.1) is 0 Å². The number of carbonyl (C=O) groups excluding carboxylic acids is 1. The first-order valence-electron chi connectivity index (χ1n) is 10.4. The van der Waals surface area contributed by atoms with Crippen LogP contribution in [0.2, 0.25) is 0 Å². The van der Waals surface area contributed by atoms with E-state index >= 15 is 0 Å². The molecule has 2 atom stereocenters. The molecule has 0 spiro atoms. The zero-order valence-electron chi connectivity index (χ0n) is 16.6. The van der Waals surface area contributed by atoms with Crippen LogP contribution in [0.5, 0.6) is 5.75 Å². The van der Waals surface area contributed by atoms with E-state index in [4.69, 9.17) is 9.47 Å². The van der Waals surface area contributed by atoms with Crippen molar-refractivity contribution < 1.29 is 24.1 Å². The number of hydrogen-bond acceptors (Lipinski definition) is 3. The van der Waals surface area contributed by atoms with Gasteiger partial charge in [0.1, 0.15) is 38.5 Å². The summed E-state index contributed by atoms with van der Waals surface area (Å²) in [7, 11) is 0. The summed E-state index contributed by atoms with van der Waals surface area (Å²) in [5, 5.41) is 0. The summed E-state index contributed by atoms with van der Waals surface area (Å²) in [4.78, 5) is 17.7. The Bertz CT molecular complexity index is 663. The fraction of sp³-hybridized carbons (Fsp3) is 0.667. The van der Waals surface area contributed by atoms with Gasteiger partial charge in [0, 0.05) is 25.1 Å². The van der Waals surface area contributed by atoms with Crippen LogP contribution in [0.15, 0.2) is 18.2 Å². The van der Waals surface area contributed by atoms with E-state index < -0.39 is 0 Å². The molecule has 148 valence electrons. The van der Waals surface area contributed by atoms with Gasteiger partial charge in [-0.1, -0.05) is 0 Å². The lowest BCUT2D eigenvalue weighted by molar-refractivity contribution is -1.02. The molecule has 4 rings (SSSR count). The molecule has 1 aromatic carbocycles. The summed E-state index contributed by atoms with van der Waals surface area (Å²) < 4.78 is 11.3. The van der Waals surface area contributed by atoms with Crippen molar-refractivity contribution in [2.24, 2.45) is 0 Å². The third-order valence-electron chi connectivity index (χ3n) is 6.05. The van der Waals surface area contributed by atoms with E-state index in [2.05, 4.69) is 32.0 Å². The van der Waals surface area contributed by atoms with Gasteiger partial charge in [0.25, 0.3) is 5.91 Å². The van der Waals surface area contributed by atoms with Crippen molar-refractivity contribution in [3.8, 4) is 5.75 Å². The van der Waals surface area contributed by atoms with Crippen molar-refractivity contribution in [2.75, 3.05) is 52.4 Å². The summed E-state index contributed by atoms with van der Waals surface area (Å²) in [6, 6.07) is 6.65. The number of carbonyl (C=O) groups is 1. The summed E-state index contributed by atoms with van der Waals surface area (Å²) in [6.07, 6.45) is 1.33. The lowest BCUT2D eigenvalue weighted by Gasteiger charge is -2.36. The van der Waals surface area contributed by atoms with Gasteiger partial charge >= 0.3 is 0 Å². The number of nitrogens with zero attached hydrogens (tertiary/aromatic N) is 1. The van der Waals surface area contributed by atoms with Crippen molar-refractivity contribution in [2.45, 2.75) is 39.0 Å². The van der Waals surface area contributed by atoms with E-state index in [1.54, 1.807) is 4.90 Å². The van der Waals surface area contributed by atoms with Crippen LogP contribution in [0.3, 0.4) is 0 Å². The Hall–Kier alpha value is -1.63. The van der Waals surface area contributed by atoms with Gasteiger partial charge in [0.15, 0.2) is 6.54 Å². The summed E-state index contributed by atoms with van der Waals surface area (Å²) in [5.41, 5.74) is 2.76. The van der Waals surface area contributed by atoms with Gasteiger partial charge in [0.2, 0.25) is 0 Å². The summed E-state index contributed by atoms with van der Waals surface area (Å²) in [5.74, 6) is 1.35. The number of quaternary nitrogens is 2. The molecular weight excluding hydrogens is 342 g/mol. The monoisotopic (exact) mass is 375 g/mol. The van der Waals surface area contributed by atoms with E-state index in [-0.39, 0.29) is 18.1 Å². The Morgan fingerprint density at radius 2 is 1.81 bits per heavy atom. The molecule has 3 heterocycles. The SMILES string of the molecule is C[C@H]1CN(C(=O)C[NH+]2CC[NH+](Cc3ccc4c(c3)CCO4)CC2)C[C@H](C)O1. The Morgan fingerprint density at radius 1 is 1.11 bits per heavy atom. The fourth-order valence-electron chi connectivity index (χ4n) is 4.66. The van der Waals surface area contributed by atoms with E-state index in [0.717, 1.165) is 64.6 Å². The minimum atomic E-state index is 0.145. The predicted octanol–water partition coefficient (Wildman–Crippen LogP) is -1.46. The first-order valence-corrected chi connectivity index (χ1v) is 10.4. The highest BCUT2D eigenvalue weighted by atomic mass is 16.5. The second kappa shape index (κ2) is 8.17. The van der Waals surface area contributed by atoms with E-state index in [9.17, 15) is 4.79 Å². The zero-order chi connectivity index (χ0) is 18.8. The van der Waals surface area contributed by atoms with Gasteiger partial charge in [-0.05, 0) is 37.6 Å². The van der Waals surface area contributed by atoms with Crippen LogP contribution in [0.25, 0.3) is 0 Å².